The first kappa shape index (κ1) is 23.7. The lowest BCUT2D eigenvalue weighted by atomic mass is 9.95. The zero-order valence-electron chi connectivity index (χ0n) is 18.5. The molecule has 3 rings (SSSR count). The van der Waals surface area contributed by atoms with Crippen molar-refractivity contribution in [2.75, 3.05) is 11.9 Å². The van der Waals surface area contributed by atoms with E-state index in [2.05, 4.69) is 22.9 Å². The van der Waals surface area contributed by atoms with Crippen LogP contribution in [0, 0.1) is 0 Å². The Balaban J connectivity index is 1.57. The van der Waals surface area contributed by atoms with Gasteiger partial charge in [-0.3, -0.25) is 14.9 Å². The largest absolute Gasteiger partial charge is 0.493 e. The van der Waals surface area contributed by atoms with Gasteiger partial charge in [-0.15, -0.1) is 0 Å². The number of thiocarbonyl (C=S) groups is 1. The first-order valence-electron chi connectivity index (χ1n) is 11.3. The highest BCUT2D eigenvalue weighted by Crippen LogP contribution is 2.20. The van der Waals surface area contributed by atoms with Crippen LogP contribution in [0.3, 0.4) is 0 Å². The van der Waals surface area contributed by atoms with Gasteiger partial charge in [0.25, 0.3) is 11.8 Å². The van der Waals surface area contributed by atoms with Gasteiger partial charge in [-0.25, -0.2) is 0 Å². The molecule has 32 heavy (non-hydrogen) atoms. The summed E-state index contributed by atoms with van der Waals surface area (Å²) in [4.78, 5) is 25.3. The lowest BCUT2D eigenvalue weighted by Gasteiger charge is -2.22. The van der Waals surface area contributed by atoms with Crippen molar-refractivity contribution in [2.24, 2.45) is 0 Å². The Labute approximate surface area is 195 Å². The molecular formula is C25H31N3O3S. The second-order valence-electron chi connectivity index (χ2n) is 8.00. The number of nitrogens with one attached hydrogen (secondary N) is 3. The number of para-hydroxylation sites is 1. The van der Waals surface area contributed by atoms with E-state index in [1.165, 1.54) is 6.42 Å². The summed E-state index contributed by atoms with van der Waals surface area (Å²) < 4.78 is 5.73. The molecule has 0 aromatic heterocycles. The monoisotopic (exact) mass is 453 g/mol. The van der Waals surface area contributed by atoms with Crippen molar-refractivity contribution < 1.29 is 14.3 Å². The molecule has 3 N–H and O–H groups in total. The number of amides is 2. The SMILES string of the molecule is CCCCOc1ccccc1C(=O)NC(=S)Nc1cccc(C(=O)NC2CCCCC2)c1. The molecule has 1 fully saturated rings. The average Bonchev–Trinajstić information content (AvgIpc) is 2.80. The molecule has 7 heteroatoms. The molecule has 170 valence electrons. The first-order chi connectivity index (χ1) is 15.6. The van der Waals surface area contributed by atoms with Crippen molar-refractivity contribution in [3.63, 3.8) is 0 Å². The minimum Gasteiger partial charge on any atom is -0.493 e. The molecule has 0 radical (unpaired) electrons. The Bertz CT molecular complexity index is 942. The molecule has 0 aliphatic heterocycles. The van der Waals surface area contributed by atoms with E-state index in [1.54, 1.807) is 42.5 Å². The van der Waals surface area contributed by atoms with Crippen LogP contribution < -0.4 is 20.7 Å². The van der Waals surface area contributed by atoms with Crippen LogP contribution in [-0.2, 0) is 0 Å². The summed E-state index contributed by atoms with van der Waals surface area (Å²) in [6.07, 6.45) is 7.55. The summed E-state index contributed by atoms with van der Waals surface area (Å²) in [6, 6.07) is 14.4. The number of anilines is 1. The van der Waals surface area contributed by atoms with Crippen LogP contribution in [0.4, 0.5) is 5.69 Å². The molecule has 0 unspecified atom stereocenters. The van der Waals surface area contributed by atoms with Crippen molar-refractivity contribution in [2.45, 2.75) is 57.9 Å². The molecule has 0 atom stereocenters. The number of benzene rings is 2. The van der Waals surface area contributed by atoms with Crippen LogP contribution in [0.2, 0.25) is 0 Å². The fourth-order valence-corrected chi connectivity index (χ4v) is 3.90. The second kappa shape index (κ2) is 12.2. The number of hydrogen-bond acceptors (Lipinski definition) is 4. The van der Waals surface area contributed by atoms with E-state index in [4.69, 9.17) is 17.0 Å². The normalized spacial score (nSPS) is 13.8. The van der Waals surface area contributed by atoms with Crippen molar-refractivity contribution in [1.82, 2.24) is 10.6 Å². The number of unbranched alkanes of at least 4 members (excludes halogenated alkanes) is 1. The summed E-state index contributed by atoms with van der Waals surface area (Å²) in [5, 5.41) is 8.95. The van der Waals surface area contributed by atoms with Crippen LogP contribution in [-0.4, -0.2) is 29.6 Å². The third-order valence-corrected chi connectivity index (χ3v) is 5.64. The molecule has 2 amide bonds. The zero-order chi connectivity index (χ0) is 22.8. The van der Waals surface area contributed by atoms with E-state index in [0.717, 1.165) is 38.5 Å². The smallest absolute Gasteiger partial charge is 0.261 e. The maximum Gasteiger partial charge on any atom is 0.261 e. The number of hydrogen-bond donors (Lipinski definition) is 3. The van der Waals surface area contributed by atoms with Gasteiger partial charge in [0.15, 0.2) is 5.11 Å². The van der Waals surface area contributed by atoms with Crippen molar-refractivity contribution in [3.8, 4) is 5.75 Å². The van der Waals surface area contributed by atoms with Gasteiger partial charge in [-0.1, -0.05) is 50.8 Å². The number of carbonyl (C=O) groups is 2. The summed E-state index contributed by atoms with van der Waals surface area (Å²) >= 11 is 5.32. The molecule has 2 aromatic rings. The summed E-state index contributed by atoms with van der Waals surface area (Å²) in [6.45, 7) is 2.64. The highest BCUT2D eigenvalue weighted by atomic mass is 32.1. The lowest BCUT2D eigenvalue weighted by Crippen LogP contribution is -2.36. The maximum absolute atomic E-state index is 12.7. The minimum absolute atomic E-state index is 0.0892. The standard InChI is InChI=1S/C25H31N3O3S/c1-2-3-16-31-22-15-8-7-14-21(22)24(30)28-25(32)27-20-13-9-10-18(17-20)23(29)26-19-11-5-4-6-12-19/h7-10,13-15,17,19H,2-6,11-12,16H2,1H3,(H,26,29)(H2,27,28,30,32). The topological polar surface area (TPSA) is 79.5 Å². The van der Waals surface area contributed by atoms with Crippen molar-refractivity contribution >= 4 is 34.8 Å². The van der Waals surface area contributed by atoms with E-state index >= 15 is 0 Å². The van der Waals surface area contributed by atoms with E-state index in [1.807, 2.05) is 6.07 Å². The fraction of sp³-hybridized carbons (Fsp3) is 0.400. The predicted octanol–water partition coefficient (Wildman–Crippen LogP) is 5.05. The van der Waals surface area contributed by atoms with Crippen molar-refractivity contribution in [1.29, 1.82) is 0 Å². The molecule has 1 saturated carbocycles. The summed E-state index contributed by atoms with van der Waals surface area (Å²) in [5.41, 5.74) is 1.62. The Morgan fingerprint density at radius 2 is 1.81 bits per heavy atom. The molecule has 6 nitrogen and oxygen atoms in total. The average molecular weight is 454 g/mol. The van der Waals surface area contributed by atoms with E-state index in [-0.39, 0.29) is 23.0 Å². The zero-order valence-corrected chi connectivity index (χ0v) is 19.3. The van der Waals surface area contributed by atoms with Gasteiger partial charge in [-0.2, -0.15) is 0 Å². The highest BCUT2D eigenvalue weighted by molar-refractivity contribution is 7.80. The van der Waals surface area contributed by atoms with Crippen LogP contribution >= 0.6 is 12.2 Å². The predicted molar refractivity (Wildman–Crippen MR) is 131 cm³/mol. The van der Waals surface area contributed by atoms with Crippen LogP contribution in [0.1, 0.15) is 72.6 Å². The fourth-order valence-electron chi connectivity index (χ4n) is 3.69. The van der Waals surface area contributed by atoms with Gasteiger partial charge in [0.1, 0.15) is 5.75 Å². The second-order valence-corrected chi connectivity index (χ2v) is 8.40. The molecule has 0 spiro atoms. The van der Waals surface area contributed by atoms with E-state index < -0.39 is 0 Å². The minimum atomic E-state index is -0.346. The van der Waals surface area contributed by atoms with Gasteiger partial charge < -0.3 is 15.4 Å². The Morgan fingerprint density at radius 1 is 1.03 bits per heavy atom. The molecule has 0 saturated heterocycles. The number of ether oxygens (including phenoxy) is 1. The van der Waals surface area contributed by atoms with Gasteiger partial charge in [0.2, 0.25) is 0 Å². The van der Waals surface area contributed by atoms with Crippen molar-refractivity contribution in [3.05, 3.63) is 59.7 Å². The summed E-state index contributed by atoms with van der Waals surface area (Å²) in [5.74, 6) is 0.0945. The third kappa shape index (κ3) is 7.05. The molecule has 1 aliphatic rings. The molecular weight excluding hydrogens is 422 g/mol. The Hall–Kier alpha value is -2.93. The van der Waals surface area contributed by atoms with Gasteiger partial charge >= 0.3 is 0 Å². The van der Waals surface area contributed by atoms with Gasteiger partial charge in [-0.05, 0) is 61.8 Å². The third-order valence-electron chi connectivity index (χ3n) is 5.44. The summed E-state index contributed by atoms with van der Waals surface area (Å²) in [7, 11) is 0. The quantitative estimate of drug-likeness (QED) is 0.385. The van der Waals surface area contributed by atoms with Gasteiger partial charge in [0, 0.05) is 17.3 Å². The van der Waals surface area contributed by atoms with E-state index in [0.29, 0.717) is 29.2 Å². The number of carbonyl (C=O) groups excluding carboxylic acids is 2. The molecule has 0 bridgehead atoms. The Morgan fingerprint density at radius 3 is 2.59 bits per heavy atom. The molecule has 0 heterocycles. The molecule has 1 aliphatic carbocycles. The lowest BCUT2D eigenvalue weighted by molar-refractivity contribution is 0.0926. The highest BCUT2D eigenvalue weighted by Gasteiger charge is 2.17. The van der Waals surface area contributed by atoms with E-state index in [9.17, 15) is 9.59 Å². The number of rotatable bonds is 8. The van der Waals surface area contributed by atoms with Crippen LogP contribution in [0.5, 0.6) is 5.75 Å². The molecule has 2 aromatic carbocycles. The van der Waals surface area contributed by atoms with Crippen LogP contribution in [0.25, 0.3) is 0 Å². The Kier molecular flexibility index (Phi) is 9.04. The van der Waals surface area contributed by atoms with Crippen LogP contribution in [0.15, 0.2) is 48.5 Å². The van der Waals surface area contributed by atoms with Gasteiger partial charge in [0.05, 0.1) is 12.2 Å². The maximum atomic E-state index is 12.7. The first-order valence-corrected chi connectivity index (χ1v) is 11.7.